The number of carbonyl (C=O) groups excluding carboxylic acids is 2. The predicted octanol–water partition coefficient (Wildman–Crippen LogP) is 2.69. The largest absolute Gasteiger partial charge is 0.273 e. The first-order chi connectivity index (χ1) is 10.3. The number of fused-ring (bicyclic) bond motifs is 1. The molecule has 1 saturated carbocycles. The van der Waals surface area contributed by atoms with Gasteiger partial charge in [-0.1, -0.05) is 32.9 Å². The van der Waals surface area contributed by atoms with E-state index < -0.39 is 5.41 Å². The van der Waals surface area contributed by atoms with Crippen molar-refractivity contribution < 1.29 is 9.59 Å². The van der Waals surface area contributed by atoms with Crippen LogP contribution in [0.1, 0.15) is 32.8 Å². The maximum Gasteiger partial charge on any atom is 0.246 e. The number of hydrazone groups is 1. The smallest absolute Gasteiger partial charge is 0.246 e. The summed E-state index contributed by atoms with van der Waals surface area (Å²) in [5.41, 5.74) is 4.49. The summed E-state index contributed by atoms with van der Waals surface area (Å²) in [5.74, 6) is 0.140. The molecule has 2 aliphatic rings. The zero-order valence-corrected chi connectivity index (χ0v) is 13.5. The van der Waals surface area contributed by atoms with E-state index in [0.717, 1.165) is 22.1 Å². The van der Waals surface area contributed by atoms with Crippen LogP contribution < -0.4 is 9.84 Å². The van der Waals surface area contributed by atoms with Crippen molar-refractivity contribution >= 4 is 35.0 Å². The van der Waals surface area contributed by atoms with Gasteiger partial charge in [0.1, 0.15) is 0 Å². The lowest BCUT2D eigenvalue weighted by Gasteiger charge is -2.23. The number of nitrogens with one attached hydrogen (secondary N) is 1. The molecule has 1 aliphatic carbocycles. The molecular weight excluding hydrogens is 302 g/mol. The molecule has 1 N–H and O–H groups in total. The van der Waals surface area contributed by atoms with Crippen molar-refractivity contribution in [2.24, 2.45) is 22.4 Å². The van der Waals surface area contributed by atoms with Crippen molar-refractivity contribution in [3.05, 3.63) is 29.8 Å². The van der Waals surface area contributed by atoms with Crippen molar-refractivity contribution in [1.82, 2.24) is 5.43 Å². The standard InChI is InChI=1S/C16H18ClN3O2/c1-16(2,3)15(22)20(17)10-6-4-9(5-7-10)13-11-8-12(11)14(21)19-18-13/h4-7,11-12H,8H2,1-3H3,(H,19,21). The van der Waals surface area contributed by atoms with Gasteiger partial charge in [0, 0.05) is 29.0 Å². The number of hydrogen-bond donors (Lipinski definition) is 1. The van der Waals surface area contributed by atoms with Crippen molar-refractivity contribution in [1.29, 1.82) is 0 Å². The second-order valence-electron chi connectivity index (χ2n) is 6.80. The Morgan fingerprint density at radius 1 is 1.27 bits per heavy atom. The number of hydrogen-bond acceptors (Lipinski definition) is 3. The van der Waals surface area contributed by atoms with Gasteiger partial charge < -0.3 is 0 Å². The van der Waals surface area contributed by atoms with Gasteiger partial charge in [0.25, 0.3) is 0 Å². The van der Waals surface area contributed by atoms with Crippen LogP contribution in [0.5, 0.6) is 0 Å². The molecule has 1 aromatic carbocycles. The molecule has 2 atom stereocenters. The molecule has 1 aromatic rings. The minimum absolute atomic E-state index is 0.00748. The number of anilines is 1. The molecule has 0 radical (unpaired) electrons. The van der Waals surface area contributed by atoms with Crippen LogP contribution in [0, 0.1) is 17.3 Å². The van der Waals surface area contributed by atoms with E-state index in [9.17, 15) is 9.59 Å². The zero-order chi connectivity index (χ0) is 16.1. The van der Waals surface area contributed by atoms with Gasteiger partial charge in [-0.05, 0) is 24.1 Å². The fraction of sp³-hybridized carbons (Fsp3) is 0.438. The van der Waals surface area contributed by atoms with Crippen LogP contribution in [-0.2, 0) is 9.59 Å². The Kier molecular flexibility index (Phi) is 3.48. The Morgan fingerprint density at radius 3 is 2.50 bits per heavy atom. The minimum Gasteiger partial charge on any atom is -0.273 e. The lowest BCUT2D eigenvalue weighted by molar-refractivity contribution is -0.124. The number of carbonyl (C=O) groups is 2. The number of nitrogens with zero attached hydrogens (tertiary/aromatic N) is 2. The van der Waals surface area contributed by atoms with Gasteiger partial charge >= 0.3 is 0 Å². The van der Waals surface area contributed by atoms with Gasteiger partial charge in [0.2, 0.25) is 11.8 Å². The number of halogens is 1. The summed E-state index contributed by atoms with van der Waals surface area (Å²) in [4.78, 5) is 23.6. The van der Waals surface area contributed by atoms with Crippen LogP contribution in [0.3, 0.4) is 0 Å². The van der Waals surface area contributed by atoms with Crippen molar-refractivity contribution in [3.8, 4) is 0 Å². The highest BCUT2D eigenvalue weighted by molar-refractivity contribution is 6.37. The normalized spacial score (nSPS) is 23.3. The Labute approximate surface area is 134 Å². The van der Waals surface area contributed by atoms with Gasteiger partial charge in [-0.25, -0.2) is 9.84 Å². The third kappa shape index (κ3) is 2.61. The molecule has 3 rings (SSSR count). The van der Waals surface area contributed by atoms with Gasteiger partial charge in [-0.3, -0.25) is 9.59 Å². The third-order valence-corrected chi connectivity index (χ3v) is 4.32. The molecule has 1 aliphatic heterocycles. The first-order valence-corrected chi connectivity index (χ1v) is 7.61. The van der Waals surface area contributed by atoms with E-state index in [1.54, 1.807) is 12.1 Å². The van der Waals surface area contributed by atoms with Crippen molar-refractivity contribution in [2.45, 2.75) is 27.2 Å². The van der Waals surface area contributed by atoms with Crippen molar-refractivity contribution in [3.63, 3.8) is 0 Å². The molecule has 0 spiro atoms. The highest BCUT2D eigenvalue weighted by Crippen LogP contribution is 2.43. The highest BCUT2D eigenvalue weighted by Gasteiger charge is 2.49. The second kappa shape index (κ2) is 5.09. The molecule has 0 bridgehead atoms. The lowest BCUT2D eigenvalue weighted by Crippen LogP contribution is -2.33. The van der Waals surface area contributed by atoms with Gasteiger partial charge in [0.15, 0.2) is 0 Å². The summed E-state index contributed by atoms with van der Waals surface area (Å²) < 4.78 is 1.15. The molecule has 2 amide bonds. The quantitative estimate of drug-likeness (QED) is 0.852. The van der Waals surface area contributed by atoms with Crippen LogP contribution in [0.2, 0.25) is 0 Å². The number of rotatable bonds is 2. The minimum atomic E-state index is -0.542. The molecule has 1 fully saturated rings. The van der Waals surface area contributed by atoms with E-state index in [4.69, 9.17) is 11.8 Å². The summed E-state index contributed by atoms with van der Waals surface area (Å²) in [5, 5.41) is 4.16. The maximum atomic E-state index is 12.2. The first kappa shape index (κ1) is 15.0. The van der Waals surface area contributed by atoms with E-state index in [0.29, 0.717) is 5.69 Å². The van der Waals surface area contributed by atoms with Crippen LogP contribution in [0.25, 0.3) is 0 Å². The van der Waals surface area contributed by atoms with Gasteiger partial charge in [-0.2, -0.15) is 5.10 Å². The van der Waals surface area contributed by atoms with Crippen LogP contribution in [0.15, 0.2) is 29.4 Å². The Bertz CT molecular complexity index is 661. The second-order valence-corrected chi connectivity index (χ2v) is 7.14. The summed E-state index contributed by atoms with van der Waals surface area (Å²) in [7, 11) is 0. The molecule has 22 heavy (non-hydrogen) atoms. The van der Waals surface area contributed by atoms with Crippen LogP contribution in [-0.4, -0.2) is 17.5 Å². The lowest BCUT2D eigenvalue weighted by atomic mass is 9.95. The topological polar surface area (TPSA) is 61.8 Å². The molecule has 5 nitrogen and oxygen atoms in total. The van der Waals surface area contributed by atoms with Crippen molar-refractivity contribution in [2.75, 3.05) is 4.42 Å². The Morgan fingerprint density at radius 2 is 1.91 bits per heavy atom. The predicted molar refractivity (Wildman–Crippen MR) is 85.5 cm³/mol. The summed E-state index contributed by atoms with van der Waals surface area (Å²) in [6, 6.07) is 7.35. The fourth-order valence-corrected chi connectivity index (χ4v) is 2.89. The number of amides is 2. The molecule has 0 saturated heterocycles. The zero-order valence-electron chi connectivity index (χ0n) is 12.8. The van der Waals surface area contributed by atoms with E-state index in [2.05, 4.69) is 10.5 Å². The van der Waals surface area contributed by atoms with E-state index >= 15 is 0 Å². The molecular formula is C16H18ClN3O2. The highest BCUT2D eigenvalue weighted by atomic mass is 35.5. The summed E-state index contributed by atoms with van der Waals surface area (Å²) >= 11 is 6.13. The Hall–Kier alpha value is -1.88. The summed E-state index contributed by atoms with van der Waals surface area (Å²) in [6.45, 7) is 5.48. The van der Waals surface area contributed by atoms with E-state index in [1.165, 1.54) is 0 Å². The van der Waals surface area contributed by atoms with Gasteiger partial charge in [-0.15, -0.1) is 0 Å². The molecule has 2 unspecified atom stereocenters. The van der Waals surface area contributed by atoms with Crippen LogP contribution >= 0.6 is 11.8 Å². The average Bonchev–Trinajstić information content (AvgIpc) is 3.27. The Balaban J connectivity index is 1.79. The monoisotopic (exact) mass is 319 g/mol. The third-order valence-electron chi connectivity index (χ3n) is 3.97. The van der Waals surface area contributed by atoms with Gasteiger partial charge in [0.05, 0.1) is 11.4 Å². The first-order valence-electron chi connectivity index (χ1n) is 7.27. The fourth-order valence-electron chi connectivity index (χ4n) is 2.52. The van der Waals surface area contributed by atoms with E-state index in [1.807, 2.05) is 32.9 Å². The molecule has 6 heteroatoms. The molecule has 1 heterocycles. The van der Waals surface area contributed by atoms with Crippen LogP contribution in [0.4, 0.5) is 5.69 Å². The summed E-state index contributed by atoms with van der Waals surface area (Å²) in [6.07, 6.45) is 0.858. The maximum absolute atomic E-state index is 12.2. The SMILES string of the molecule is CC(C)(C)C(=O)N(Cl)c1ccc(C2=NNC(=O)C3CC23)cc1. The molecule has 0 aromatic heterocycles. The average molecular weight is 320 g/mol. The number of benzene rings is 1. The van der Waals surface area contributed by atoms with E-state index in [-0.39, 0.29) is 23.7 Å². The molecule has 116 valence electrons.